The van der Waals surface area contributed by atoms with Crippen molar-refractivity contribution in [2.24, 2.45) is 0 Å². The molecule has 0 atom stereocenters. The third kappa shape index (κ3) is 8.89. The highest BCUT2D eigenvalue weighted by atomic mass is 15.0. The van der Waals surface area contributed by atoms with Crippen LogP contribution in [0.4, 0.5) is 0 Å². The number of hydrogen-bond acceptors (Lipinski definition) is 0. The lowest BCUT2D eigenvalue weighted by Crippen LogP contribution is -1.95. The predicted octanol–water partition coefficient (Wildman–Crippen LogP) is 23.7. The van der Waals surface area contributed by atoms with Crippen molar-refractivity contribution in [3.8, 4) is 83.8 Å². The molecule has 0 fully saturated rings. The van der Waals surface area contributed by atoms with Crippen LogP contribution >= 0.6 is 0 Å². The molecule has 90 heavy (non-hydrogen) atoms. The molecule has 0 bridgehead atoms. The van der Waals surface area contributed by atoms with E-state index in [2.05, 4.69) is 360 Å². The molecular formula is C87H59N3. The molecule has 17 rings (SSSR count). The average Bonchev–Trinajstić information content (AvgIpc) is 1.58. The lowest BCUT2D eigenvalue weighted by atomic mass is 9.88. The second-order valence-corrected chi connectivity index (χ2v) is 23.5. The van der Waals surface area contributed by atoms with Gasteiger partial charge in [-0.15, -0.1) is 0 Å². The van der Waals surface area contributed by atoms with Gasteiger partial charge < -0.3 is 13.7 Å². The summed E-state index contributed by atoms with van der Waals surface area (Å²) in [5, 5.41) is 9.78. The van der Waals surface area contributed by atoms with Crippen LogP contribution in [0.25, 0.3) is 166 Å². The molecule has 0 amide bonds. The van der Waals surface area contributed by atoms with Gasteiger partial charge in [-0.1, -0.05) is 237 Å². The maximum Gasteiger partial charge on any atom is 0.0541 e. The predicted molar refractivity (Wildman–Crippen MR) is 383 cm³/mol. The van der Waals surface area contributed by atoms with Gasteiger partial charge in [-0.05, 0) is 193 Å². The molecule has 3 heterocycles. The largest absolute Gasteiger partial charge is 0.309 e. The zero-order chi connectivity index (χ0) is 59.7. The number of para-hydroxylation sites is 2. The normalized spacial score (nSPS) is 12.0. The minimum Gasteiger partial charge on any atom is -0.309 e. The number of hydrogen-bond donors (Lipinski definition) is 0. The van der Waals surface area contributed by atoms with Crippen LogP contribution in [0.5, 0.6) is 0 Å². The van der Waals surface area contributed by atoms with Gasteiger partial charge >= 0.3 is 0 Å². The fraction of sp³-hybridized carbons (Fsp3) is 0.0115. The Morgan fingerprint density at radius 3 is 0.944 bits per heavy atom. The van der Waals surface area contributed by atoms with Gasteiger partial charge in [0.25, 0.3) is 0 Å². The van der Waals surface area contributed by atoms with E-state index in [4.69, 9.17) is 0 Å². The maximum absolute atomic E-state index is 2.46. The number of rotatable bonds is 11. The van der Waals surface area contributed by atoms with Crippen molar-refractivity contribution in [3.63, 3.8) is 0 Å². The van der Waals surface area contributed by atoms with Crippen LogP contribution in [0.3, 0.4) is 0 Å². The Morgan fingerprint density at radius 2 is 0.533 bits per heavy atom. The maximum atomic E-state index is 2.46. The molecule has 0 aliphatic rings. The number of aromatic nitrogens is 3. The number of nitrogens with zero attached hydrogens (tertiary/aromatic N) is 3. The first-order chi connectivity index (χ1) is 44.6. The number of benzene rings is 14. The highest BCUT2D eigenvalue weighted by Crippen LogP contribution is 2.44. The fourth-order valence-electron chi connectivity index (χ4n) is 14.1. The van der Waals surface area contributed by atoms with Crippen molar-refractivity contribution < 1.29 is 0 Å². The first kappa shape index (κ1) is 52.5. The van der Waals surface area contributed by atoms with E-state index in [0.717, 1.165) is 28.1 Å². The second-order valence-electron chi connectivity index (χ2n) is 23.5. The SMILES string of the molecule is C/C=C\C=C/c1cc(-c2ccc(-n3c4ccc(-c5ccc6c(c5)c5ccccc5n6-c5ccc(-c6ccccc6)cc5)cc4c4cc(-c5ccc6c(c5)c5ccccc5n6-c5ccc(-c6ccccc6)cc5)ccc43)cc2)c2ccccc2c1-c1ccccc1. The molecule has 0 spiro atoms. The summed E-state index contributed by atoms with van der Waals surface area (Å²) in [5.41, 5.74) is 26.0. The highest BCUT2D eigenvalue weighted by molar-refractivity contribution is 6.15. The van der Waals surface area contributed by atoms with Crippen molar-refractivity contribution in [1.29, 1.82) is 0 Å². The molecule has 3 aromatic heterocycles. The van der Waals surface area contributed by atoms with E-state index in [0.29, 0.717) is 0 Å². The van der Waals surface area contributed by atoms with E-state index < -0.39 is 0 Å². The van der Waals surface area contributed by atoms with Crippen LogP contribution < -0.4 is 0 Å². The molecule has 0 aliphatic carbocycles. The monoisotopic (exact) mass is 1150 g/mol. The summed E-state index contributed by atoms with van der Waals surface area (Å²) in [6.45, 7) is 2.06. The minimum atomic E-state index is 1.11. The van der Waals surface area contributed by atoms with E-state index in [1.54, 1.807) is 0 Å². The van der Waals surface area contributed by atoms with Gasteiger partial charge in [0.15, 0.2) is 0 Å². The zero-order valence-corrected chi connectivity index (χ0v) is 49.7. The summed E-state index contributed by atoms with van der Waals surface area (Å²) >= 11 is 0. The average molecular weight is 1150 g/mol. The Bertz CT molecular complexity index is 5410. The van der Waals surface area contributed by atoms with Crippen LogP contribution in [0.1, 0.15) is 12.5 Å². The molecule has 3 nitrogen and oxygen atoms in total. The smallest absolute Gasteiger partial charge is 0.0541 e. The lowest BCUT2D eigenvalue weighted by molar-refractivity contribution is 1.18. The molecule has 0 saturated heterocycles. The molecule has 3 heteroatoms. The first-order valence-electron chi connectivity index (χ1n) is 31.1. The molecule has 0 saturated carbocycles. The van der Waals surface area contributed by atoms with E-state index in [9.17, 15) is 0 Å². The van der Waals surface area contributed by atoms with Gasteiger partial charge in [0, 0.05) is 49.4 Å². The second kappa shape index (κ2) is 21.9. The summed E-state index contributed by atoms with van der Waals surface area (Å²) in [6, 6.07) is 116. The van der Waals surface area contributed by atoms with Gasteiger partial charge in [0.05, 0.1) is 33.1 Å². The Balaban J connectivity index is 0.810. The topological polar surface area (TPSA) is 14.8 Å². The molecule has 0 aliphatic heterocycles. The summed E-state index contributed by atoms with van der Waals surface area (Å²) in [6.07, 6.45) is 8.58. The molecular weight excluding hydrogens is 1090 g/mol. The summed E-state index contributed by atoms with van der Waals surface area (Å²) in [4.78, 5) is 0. The summed E-state index contributed by atoms with van der Waals surface area (Å²) in [5.74, 6) is 0. The number of allylic oxidation sites excluding steroid dienone is 3. The minimum absolute atomic E-state index is 1.11. The van der Waals surface area contributed by atoms with Crippen molar-refractivity contribution in [1.82, 2.24) is 13.7 Å². The summed E-state index contributed by atoms with van der Waals surface area (Å²) < 4.78 is 7.28. The van der Waals surface area contributed by atoms with Crippen LogP contribution in [-0.4, -0.2) is 13.7 Å². The quantitative estimate of drug-likeness (QED) is 0.115. The standard InChI is InChI=1S/C87H59N3/c1-2-3-7-26-68-57-76(72-27-14-15-30-75(72)87(68)63-24-12-6-13-25-63)62-37-47-71(48-38-62)90-85-51-41-66(64-39-49-83-77(53-64)73-28-16-18-31-81(73)88(83)69-43-33-60(34-44-69)58-20-8-4-9-21-58)55-79(85)80-56-67(42-52-86(80)90)65-40-50-84-78(54-65)74-29-17-19-32-82(74)89(84)70-45-35-61(36-46-70)59-22-10-5-11-23-59/h2-57H,1H3/b3-2-,26-7-. The van der Waals surface area contributed by atoms with Crippen molar-refractivity contribution in [2.45, 2.75) is 6.92 Å². The molecule has 14 aromatic carbocycles. The Hall–Kier alpha value is -11.8. The zero-order valence-electron chi connectivity index (χ0n) is 49.7. The Labute approximate surface area is 522 Å². The van der Waals surface area contributed by atoms with Crippen molar-refractivity contribution in [3.05, 3.63) is 339 Å². The highest BCUT2D eigenvalue weighted by Gasteiger charge is 2.21. The molecule has 0 unspecified atom stereocenters. The molecule has 0 N–H and O–H groups in total. The van der Waals surface area contributed by atoms with Crippen LogP contribution in [-0.2, 0) is 0 Å². The van der Waals surface area contributed by atoms with E-state index in [1.807, 2.05) is 0 Å². The molecule has 17 aromatic rings. The molecule has 0 radical (unpaired) electrons. The Morgan fingerprint density at radius 1 is 0.222 bits per heavy atom. The van der Waals surface area contributed by atoms with E-state index >= 15 is 0 Å². The molecule has 422 valence electrons. The Kier molecular flexibility index (Phi) is 12.8. The van der Waals surface area contributed by atoms with Crippen molar-refractivity contribution in [2.75, 3.05) is 0 Å². The van der Waals surface area contributed by atoms with E-state index in [1.165, 1.54) is 137 Å². The van der Waals surface area contributed by atoms with Crippen molar-refractivity contribution >= 4 is 82.3 Å². The summed E-state index contributed by atoms with van der Waals surface area (Å²) in [7, 11) is 0. The third-order valence-electron chi connectivity index (χ3n) is 18.4. The fourth-order valence-corrected chi connectivity index (χ4v) is 14.1. The first-order valence-corrected chi connectivity index (χ1v) is 31.1. The lowest BCUT2D eigenvalue weighted by Gasteiger charge is -2.16. The van der Waals surface area contributed by atoms with Gasteiger partial charge in [-0.2, -0.15) is 0 Å². The van der Waals surface area contributed by atoms with Crippen LogP contribution in [0.2, 0.25) is 0 Å². The van der Waals surface area contributed by atoms with Gasteiger partial charge in [0.2, 0.25) is 0 Å². The van der Waals surface area contributed by atoms with Gasteiger partial charge in [-0.3, -0.25) is 0 Å². The van der Waals surface area contributed by atoms with Crippen LogP contribution in [0.15, 0.2) is 334 Å². The van der Waals surface area contributed by atoms with E-state index in [-0.39, 0.29) is 0 Å². The third-order valence-corrected chi connectivity index (χ3v) is 18.4. The van der Waals surface area contributed by atoms with Crippen LogP contribution in [0, 0.1) is 0 Å². The van der Waals surface area contributed by atoms with Gasteiger partial charge in [0.1, 0.15) is 0 Å². The van der Waals surface area contributed by atoms with Gasteiger partial charge in [-0.25, -0.2) is 0 Å². The number of fused-ring (bicyclic) bond motifs is 10.